The molecular weight excluding hydrogens is 570 g/mol. The summed E-state index contributed by atoms with van der Waals surface area (Å²) in [5.74, 6) is -1.40. The first-order valence-electron chi connectivity index (χ1n) is 9.93. The van der Waals surface area contributed by atoms with Gasteiger partial charge in [0.2, 0.25) is 0 Å². The second kappa shape index (κ2) is 11.0. The number of cyclic esters (lactones) is 1. The lowest BCUT2D eigenvalue weighted by atomic mass is 9.90. The predicted molar refractivity (Wildman–Crippen MR) is 129 cm³/mol. The number of halogens is 3. The van der Waals surface area contributed by atoms with E-state index in [1.54, 1.807) is 25.1 Å². The lowest BCUT2D eigenvalue weighted by molar-refractivity contribution is -0.144. The van der Waals surface area contributed by atoms with Crippen molar-refractivity contribution >= 4 is 57.8 Å². The normalized spacial score (nSPS) is 21.2. The minimum Gasteiger partial charge on any atom is -0.461 e. The Morgan fingerprint density at radius 3 is 2.56 bits per heavy atom. The quantitative estimate of drug-likeness (QED) is 0.337. The average Bonchev–Trinajstić information content (AvgIpc) is 3.05. The molecule has 2 amide bonds. The first kappa shape index (κ1) is 25.0. The molecule has 0 saturated carbocycles. The van der Waals surface area contributed by atoms with Gasteiger partial charge in [-0.25, -0.2) is 9.59 Å². The summed E-state index contributed by atoms with van der Waals surface area (Å²) in [5.41, 5.74) is 1.46. The van der Waals surface area contributed by atoms with Crippen molar-refractivity contribution in [3.05, 3.63) is 67.2 Å². The van der Waals surface area contributed by atoms with E-state index in [1.807, 2.05) is 24.3 Å². The third kappa shape index (κ3) is 5.85. The monoisotopic (exact) mass is 592 g/mol. The number of esters is 1. The fraction of sp³-hybridized carbons (Fsp3) is 0.364. The van der Waals surface area contributed by atoms with Crippen LogP contribution in [0.3, 0.4) is 0 Å². The second-order valence-electron chi connectivity index (χ2n) is 7.56. The van der Waals surface area contributed by atoms with Crippen molar-refractivity contribution in [2.45, 2.75) is 38.3 Å². The maximum atomic E-state index is 13.3. The number of ether oxygens (including phenoxy) is 1. The number of nitrogens with one attached hydrogen (secondary N) is 1. The van der Waals surface area contributed by atoms with Crippen LogP contribution >= 0.6 is 45.8 Å². The molecule has 2 aromatic rings. The van der Waals surface area contributed by atoms with Crippen molar-refractivity contribution in [2.75, 3.05) is 6.61 Å². The van der Waals surface area contributed by atoms with E-state index in [-0.39, 0.29) is 13.1 Å². The summed E-state index contributed by atoms with van der Waals surface area (Å²) in [6, 6.07) is 10.9. The van der Waals surface area contributed by atoms with Crippen LogP contribution < -0.4 is 5.32 Å². The number of rotatable bonds is 7. The van der Waals surface area contributed by atoms with E-state index in [2.05, 4.69) is 27.9 Å². The summed E-state index contributed by atoms with van der Waals surface area (Å²) in [6.07, 6.45) is -1.88. The number of carbonyl (C=O) groups excluding carboxylic acids is 2. The van der Waals surface area contributed by atoms with E-state index >= 15 is 0 Å². The molecule has 3 N–H and O–H groups in total. The Balaban J connectivity index is 1.87. The lowest BCUT2D eigenvalue weighted by Gasteiger charge is -2.32. The van der Waals surface area contributed by atoms with E-state index in [1.165, 1.54) is 4.90 Å². The van der Waals surface area contributed by atoms with Gasteiger partial charge in [0, 0.05) is 26.7 Å². The highest BCUT2D eigenvalue weighted by Gasteiger charge is 2.50. The van der Waals surface area contributed by atoms with Crippen molar-refractivity contribution in [1.29, 1.82) is 0 Å². The van der Waals surface area contributed by atoms with E-state index in [0.29, 0.717) is 15.6 Å². The maximum absolute atomic E-state index is 13.3. The van der Waals surface area contributed by atoms with Crippen LogP contribution in [0.5, 0.6) is 0 Å². The number of aliphatic hydroxyl groups excluding tert-OH is 2. The van der Waals surface area contributed by atoms with Crippen molar-refractivity contribution in [1.82, 2.24) is 10.2 Å². The molecular formula is C22H23Cl2IN2O5. The van der Waals surface area contributed by atoms with Crippen LogP contribution in [-0.4, -0.2) is 52.0 Å². The molecule has 0 unspecified atom stereocenters. The molecule has 0 aromatic heterocycles. The third-order valence-electron chi connectivity index (χ3n) is 5.39. The molecule has 1 saturated heterocycles. The van der Waals surface area contributed by atoms with Gasteiger partial charge in [0.05, 0.1) is 18.6 Å². The van der Waals surface area contributed by atoms with Gasteiger partial charge < -0.3 is 25.2 Å². The molecule has 2 aromatic carbocycles. The minimum absolute atomic E-state index is 0.109. The Morgan fingerprint density at radius 2 is 1.94 bits per heavy atom. The van der Waals surface area contributed by atoms with Gasteiger partial charge in [0.15, 0.2) is 0 Å². The molecule has 172 valence electrons. The zero-order valence-corrected chi connectivity index (χ0v) is 20.8. The third-order valence-corrected chi connectivity index (χ3v) is 6.70. The van der Waals surface area contributed by atoms with Crippen LogP contribution in [0, 0.1) is 9.49 Å². The van der Waals surface area contributed by atoms with E-state index in [4.69, 9.17) is 27.9 Å². The SMILES string of the molecule is C[C@H]1OC(=O)[C@H](N(Cc2ccc(I)cc2)C(=O)NCc2ccc(Cl)cc2Cl)[C@@H]1[C@H](O)CO. The highest BCUT2D eigenvalue weighted by atomic mass is 127. The first-order chi connectivity index (χ1) is 15.2. The molecule has 0 aliphatic carbocycles. The molecule has 1 aliphatic rings. The van der Waals surface area contributed by atoms with E-state index < -0.39 is 42.8 Å². The summed E-state index contributed by atoms with van der Waals surface area (Å²) in [6.45, 7) is 1.30. The van der Waals surface area contributed by atoms with E-state index in [9.17, 15) is 19.8 Å². The summed E-state index contributed by atoms with van der Waals surface area (Å²) in [5, 5.41) is 23.5. The lowest BCUT2D eigenvalue weighted by Crippen LogP contribution is -2.53. The largest absolute Gasteiger partial charge is 0.461 e. The Hall–Kier alpha value is -1.59. The summed E-state index contributed by atoms with van der Waals surface area (Å²) in [4.78, 5) is 27.3. The molecule has 1 fully saturated rings. The standard InChI is InChI=1S/C22H23Cl2IN2O5/c1-12-19(18(29)11-28)20(21(30)32-12)27(10-13-2-6-16(25)7-3-13)22(31)26-9-14-4-5-15(23)8-17(14)24/h2-8,12,18-20,28-29H,9-11H2,1H3,(H,26,31)/t12-,18-,19+,20-/m1/s1. The zero-order valence-electron chi connectivity index (χ0n) is 17.2. The topological polar surface area (TPSA) is 99.1 Å². The Labute approximate surface area is 209 Å². The molecule has 10 heteroatoms. The molecule has 0 bridgehead atoms. The Bertz CT molecular complexity index is 975. The number of nitrogens with zero attached hydrogens (tertiary/aromatic N) is 1. The van der Waals surface area contributed by atoms with Gasteiger partial charge in [-0.2, -0.15) is 0 Å². The molecule has 0 radical (unpaired) electrons. The average molecular weight is 593 g/mol. The summed E-state index contributed by atoms with van der Waals surface area (Å²) in [7, 11) is 0. The van der Waals surface area contributed by atoms with Crippen molar-refractivity contribution in [2.24, 2.45) is 5.92 Å². The maximum Gasteiger partial charge on any atom is 0.329 e. The fourth-order valence-corrected chi connectivity index (χ4v) is 4.58. The van der Waals surface area contributed by atoms with Crippen LogP contribution in [0.15, 0.2) is 42.5 Å². The number of benzene rings is 2. The van der Waals surface area contributed by atoms with E-state index in [0.717, 1.165) is 9.13 Å². The molecule has 0 spiro atoms. The number of amides is 2. The molecule has 1 heterocycles. The van der Waals surface area contributed by atoms with Gasteiger partial charge in [-0.15, -0.1) is 0 Å². The first-order valence-corrected chi connectivity index (χ1v) is 11.8. The van der Waals surface area contributed by atoms with Crippen molar-refractivity contribution in [3.63, 3.8) is 0 Å². The molecule has 3 rings (SSSR count). The number of carbonyl (C=O) groups is 2. The zero-order chi connectivity index (χ0) is 23.4. The van der Waals surface area contributed by atoms with Crippen LogP contribution in [0.2, 0.25) is 10.0 Å². The predicted octanol–water partition coefficient (Wildman–Crippen LogP) is 3.59. The Kier molecular flexibility index (Phi) is 8.62. The van der Waals surface area contributed by atoms with Gasteiger partial charge in [-0.05, 0) is 64.9 Å². The van der Waals surface area contributed by atoms with Crippen molar-refractivity contribution < 1.29 is 24.5 Å². The highest BCUT2D eigenvalue weighted by molar-refractivity contribution is 14.1. The smallest absolute Gasteiger partial charge is 0.329 e. The summed E-state index contributed by atoms with van der Waals surface area (Å²) < 4.78 is 6.35. The van der Waals surface area contributed by atoms with Gasteiger partial charge in [-0.1, -0.05) is 41.4 Å². The molecule has 32 heavy (non-hydrogen) atoms. The van der Waals surface area contributed by atoms with Crippen LogP contribution in [-0.2, 0) is 22.6 Å². The second-order valence-corrected chi connectivity index (χ2v) is 9.65. The van der Waals surface area contributed by atoms with Crippen LogP contribution in [0.4, 0.5) is 4.79 Å². The molecule has 7 nitrogen and oxygen atoms in total. The number of urea groups is 1. The van der Waals surface area contributed by atoms with Crippen LogP contribution in [0.1, 0.15) is 18.1 Å². The molecule has 1 aliphatic heterocycles. The number of hydrogen-bond donors (Lipinski definition) is 3. The number of aliphatic hydroxyl groups is 2. The van der Waals surface area contributed by atoms with Gasteiger partial charge in [-0.3, -0.25) is 0 Å². The van der Waals surface area contributed by atoms with Crippen molar-refractivity contribution in [3.8, 4) is 0 Å². The fourth-order valence-electron chi connectivity index (χ4n) is 3.75. The molecule has 4 atom stereocenters. The summed E-state index contributed by atoms with van der Waals surface area (Å²) >= 11 is 14.3. The minimum atomic E-state index is -1.22. The van der Waals surface area contributed by atoms with Gasteiger partial charge >= 0.3 is 12.0 Å². The van der Waals surface area contributed by atoms with Gasteiger partial charge in [0.1, 0.15) is 12.1 Å². The Morgan fingerprint density at radius 1 is 1.25 bits per heavy atom. The number of hydrogen-bond acceptors (Lipinski definition) is 5. The highest BCUT2D eigenvalue weighted by Crippen LogP contribution is 2.31. The van der Waals surface area contributed by atoms with Crippen LogP contribution in [0.25, 0.3) is 0 Å². The van der Waals surface area contributed by atoms with Gasteiger partial charge in [0.25, 0.3) is 0 Å².